The summed E-state index contributed by atoms with van der Waals surface area (Å²) in [6.45, 7) is 119. The number of hydrogen-bond donors (Lipinski definition) is 0. The molecule has 12 fully saturated rings. The number of para-hydroxylation sites is 1. The van der Waals surface area contributed by atoms with E-state index >= 15 is 0 Å². The fourth-order valence-electron chi connectivity index (χ4n) is 22.4. The summed E-state index contributed by atoms with van der Waals surface area (Å²) < 4.78 is 0. The standard InChI is InChI=1S/C16H33N3.2C16H26N2.2C15H31N3.C15H24N2.C14H29N3.C14H22N2/c1-16(2,3)19-11-7-10-18(14-15-19)13-12-17-8-5-4-6-9-17;1-16(2,3)18-11-7-10-17(12-13-18)14-15-8-5-4-6-9-15;1-16(2,3)18-13-11-17(12-14-18)10-9-15-7-5-4-6-8-15;1-15(2,3)18-10-6-9-17(13-14-18)12-11-16-7-4-5-8-16;1-15(2,3)18-13-11-17(12-14-18)10-9-16-7-5-4-6-8-16;1-15(2,3)17-11-9-16(10-12-17)13-14-7-5-4-6-8-14;1-14(2,3)17-12-10-16(11-13-17)9-8-15-6-4-5-7-15;1-14(2,3)16-11-9-15(10-12-16)13-7-5-4-6-8-13/h4-15H2,1-3H3;4-6,8-9H,7,10-14H2,1-3H3;4-8H,9-14H2,1-3H3;2*4-14H2,1-3H3;4-8H,9-13H2,1-3H3;4-13H2,1-3H3;4-8H,9-12H2,1-3H3. The lowest BCUT2D eigenvalue weighted by atomic mass is 10.0. The quantitative estimate of drug-likeness (QED) is 0.0843. The molecular formula is C121H222N20. The Labute approximate surface area is 870 Å². The number of nitrogens with zero attached hydrogens (tertiary/aromatic N) is 20. The lowest BCUT2D eigenvalue weighted by Gasteiger charge is -2.43. The number of benzene rings is 4. The maximum absolute atomic E-state index is 2.68. The van der Waals surface area contributed by atoms with Gasteiger partial charge in [-0.3, -0.25) is 58.8 Å². The molecule has 0 atom stereocenters. The van der Waals surface area contributed by atoms with Crippen LogP contribution < -0.4 is 4.90 Å². The first-order chi connectivity index (χ1) is 67.0. The summed E-state index contributed by atoms with van der Waals surface area (Å²) in [5, 5.41) is 0. The minimum Gasteiger partial charge on any atom is -0.369 e. The highest BCUT2D eigenvalue weighted by Crippen LogP contribution is 2.27. The molecule has 806 valence electrons. The van der Waals surface area contributed by atoms with Crippen LogP contribution in [0.1, 0.15) is 266 Å². The van der Waals surface area contributed by atoms with Crippen molar-refractivity contribution in [2.75, 3.05) is 326 Å². The molecule has 0 N–H and O–H groups in total. The Kier molecular flexibility index (Phi) is 52.4. The smallest absolute Gasteiger partial charge is 0.0367 e. The van der Waals surface area contributed by atoms with Crippen LogP contribution in [0.5, 0.6) is 0 Å². The number of rotatable bonds is 20. The Morgan fingerprint density at radius 2 is 0.319 bits per heavy atom. The molecule has 0 saturated carbocycles. The summed E-state index contributed by atoms with van der Waals surface area (Å²) in [5.74, 6) is 0. The monoisotopic (exact) mass is 1960 g/mol. The van der Waals surface area contributed by atoms with E-state index in [4.69, 9.17) is 0 Å². The van der Waals surface area contributed by atoms with Gasteiger partial charge < -0.3 is 39.2 Å². The molecule has 20 heteroatoms. The van der Waals surface area contributed by atoms with Gasteiger partial charge in [0.15, 0.2) is 0 Å². The van der Waals surface area contributed by atoms with Gasteiger partial charge >= 0.3 is 0 Å². The third-order valence-electron chi connectivity index (χ3n) is 32.5. The lowest BCUT2D eigenvalue weighted by molar-refractivity contribution is 0.0563. The molecule has 0 unspecified atom stereocenters. The van der Waals surface area contributed by atoms with Crippen LogP contribution in [0.3, 0.4) is 0 Å². The summed E-state index contributed by atoms with van der Waals surface area (Å²) in [6.07, 6.45) is 19.3. The molecule has 141 heavy (non-hydrogen) atoms. The molecule has 12 heterocycles. The molecule has 0 aliphatic carbocycles. The van der Waals surface area contributed by atoms with Gasteiger partial charge in [0.25, 0.3) is 0 Å². The van der Waals surface area contributed by atoms with E-state index in [1.807, 2.05) is 0 Å². The van der Waals surface area contributed by atoms with Gasteiger partial charge in [-0.05, 0) is 364 Å². The molecule has 0 aromatic heterocycles. The zero-order valence-corrected chi connectivity index (χ0v) is 96.5. The molecule has 12 aliphatic rings. The van der Waals surface area contributed by atoms with Crippen LogP contribution in [0.2, 0.25) is 0 Å². The molecule has 0 bridgehead atoms. The second kappa shape index (κ2) is 61.3. The van der Waals surface area contributed by atoms with E-state index in [1.54, 1.807) is 0 Å². The predicted octanol–water partition coefficient (Wildman–Crippen LogP) is 18.4. The number of piperazine rings is 5. The van der Waals surface area contributed by atoms with Gasteiger partial charge in [-0.1, -0.05) is 122 Å². The number of anilines is 1. The van der Waals surface area contributed by atoms with E-state index in [2.05, 4.69) is 385 Å². The molecule has 12 aliphatic heterocycles. The van der Waals surface area contributed by atoms with Crippen molar-refractivity contribution in [1.82, 2.24) is 93.1 Å². The third-order valence-corrected chi connectivity index (χ3v) is 32.5. The van der Waals surface area contributed by atoms with Gasteiger partial charge in [-0.25, -0.2) is 0 Å². The highest BCUT2D eigenvalue weighted by atomic mass is 15.4. The van der Waals surface area contributed by atoms with Gasteiger partial charge in [0, 0.05) is 292 Å². The third kappa shape index (κ3) is 47.8. The fourth-order valence-corrected chi connectivity index (χ4v) is 22.4. The highest BCUT2D eigenvalue weighted by molar-refractivity contribution is 5.46. The van der Waals surface area contributed by atoms with E-state index in [1.165, 1.54) is 420 Å². The largest absolute Gasteiger partial charge is 0.369 e. The van der Waals surface area contributed by atoms with Crippen molar-refractivity contribution >= 4 is 5.69 Å². The molecule has 0 spiro atoms. The fraction of sp³-hybridized carbons (Fsp3) is 0.802. The average molecular weight is 1960 g/mol. The molecule has 0 radical (unpaired) electrons. The second-order valence-electron chi connectivity index (χ2n) is 51.5. The number of hydrogen-bond acceptors (Lipinski definition) is 20. The summed E-state index contributed by atoms with van der Waals surface area (Å²) in [5.41, 5.74) is 8.30. The summed E-state index contributed by atoms with van der Waals surface area (Å²) in [4.78, 5) is 52.3. The molecule has 0 amide bonds. The van der Waals surface area contributed by atoms with Crippen molar-refractivity contribution in [2.45, 2.75) is 313 Å². The molecule has 4 aromatic carbocycles. The van der Waals surface area contributed by atoms with Crippen molar-refractivity contribution < 1.29 is 0 Å². The lowest BCUT2D eigenvalue weighted by Crippen LogP contribution is -2.54. The van der Waals surface area contributed by atoms with Crippen LogP contribution in [0.4, 0.5) is 5.69 Å². The van der Waals surface area contributed by atoms with E-state index in [9.17, 15) is 0 Å². The summed E-state index contributed by atoms with van der Waals surface area (Å²) in [7, 11) is 0. The maximum Gasteiger partial charge on any atom is 0.0367 e. The Morgan fingerprint density at radius 1 is 0.149 bits per heavy atom. The van der Waals surface area contributed by atoms with Crippen molar-refractivity contribution in [1.29, 1.82) is 0 Å². The SMILES string of the molecule is CC(C)(C)N1CCCN(CCN2CCCC2)CC1.CC(C)(C)N1CCCN(CCN2CCCCC2)CC1.CC(C)(C)N1CCCN(Cc2ccccc2)CC1.CC(C)(C)N1CCN(CCN2CCCC2)CC1.CC(C)(C)N1CCN(CCN2CCCCC2)CC1.CC(C)(C)N1CCN(CCc2ccccc2)CC1.CC(C)(C)N1CCN(Cc2ccccc2)CC1.CC(C)(C)N1CCN(c2ccccc2)CC1. The topological polar surface area (TPSA) is 64.8 Å². The van der Waals surface area contributed by atoms with E-state index in [0.717, 1.165) is 26.2 Å². The maximum atomic E-state index is 2.68. The Bertz CT molecular complexity index is 3770. The Hall–Kier alpha value is -4.08. The zero-order chi connectivity index (χ0) is 102. The molecular weight excluding hydrogens is 1730 g/mol. The first-order valence-electron chi connectivity index (χ1n) is 57.8. The predicted molar refractivity (Wildman–Crippen MR) is 611 cm³/mol. The van der Waals surface area contributed by atoms with Crippen LogP contribution >= 0.6 is 0 Å². The highest BCUT2D eigenvalue weighted by Gasteiger charge is 2.34. The van der Waals surface area contributed by atoms with E-state index < -0.39 is 0 Å². The normalized spacial score (nSPS) is 22.5. The molecule has 4 aromatic rings. The minimum absolute atomic E-state index is 0.308. The molecule has 20 nitrogen and oxygen atoms in total. The van der Waals surface area contributed by atoms with Crippen molar-refractivity contribution in [2.24, 2.45) is 0 Å². The Morgan fingerprint density at radius 3 is 0.567 bits per heavy atom. The molecule has 16 rings (SSSR count). The number of likely N-dealkylation sites (tertiary alicyclic amines) is 4. The van der Waals surface area contributed by atoms with E-state index in [0.29, 0.717) is 44.3 Å². The Balaban J connectivity index is 0.000000180. The van der Waals surface area contributed by atoms with Crippen LogP contribution in [-0.4, -0.2) is 458 Å². The zero-order valence-electron chi connectivity index (χ0n) is 96.5. The van der Waals surface area contributed by atoms with Crippen molar-refractivity contribution in [3.05, 3.63) is 138 Å². The van der Waals surface area contributed by atoms with Crippen LogP contribution in [-0.2, 0) is 19.5 Å². The van der Waals surface area contributed by atoms with Crippen molar-refractivity contribution in [3.8, 4) is 0 Å². The molecule has 12 saturated heterocycles. The average Bonchev–Trinajstić information content (AvgIpc) is 1.39. The number of piperidine rings is 2. The minimum atomic E-state index is 0.308. The van der Waals surface area contributed by atoms with E-state index in [-0.39, 0.29) is 0 Å². The van der Waals surface area contributed by atoms with Crippen LogP contribution in [0, 0.1) is 0 Å². The van der Waals surface area contributed by atoms with Crippen molar-refractivity contribution in [3.63, 3.8) is 0 Å². The van der Waals surface area contributed by atoms with Gasteiger partial charge in [0.05, 0.1) is 0 Å². The first kappa shape index (κ1) is 120. The van der Waals surface area contributed by atoms with Crippen LogP contribution in [0.25, 0.3) is 0 Å². The second-order valence-corrected chi connectivity index (χ2v) is 51.5. The first-order valence-corrected chi connectivity index (χ1v) is 57.8. The van der Waals surface area contributed by atoms with Gasteiger partial charge in [0.1, 0.15) is 0 Å². The van der Waals surface area contributed by atoms with Crippen LogP contribution in [0.15, 0.2) is 121 Å². The van der Waals surface area contributed by atoms with Gasteiger partial charge in [0.2, 0.25) is 0 Å². The van der Waals surface area contributed by atoms with Gasteiger partial charge in [-0.2, -0.15) is 0 Å². The summed E-state index contributed by atoms with van der Waals surface area (Å²) in [6, 6.07) is 43.1. The summed E-state index contributed by atoms with van der Waals surface area (Å²) >= 11 is 0. The van der Waals surface area contributed by atoms with Gasteiger partial charge in [-0.15, -0.1) is 0 Å².